The molecule has 5 nitrogen and oxygen atoms in total. The number of hydrogen-bond acceptors (Lipinski definition) is 4. The number of benzene rings is 3. The molecule has 0 aliphatic carbocycles. The highest BCUT2D eigenvalue weighted by Crippen LogP contribution is 2.47. The van der Waals surface area contributed by atoms with Crippen molar-refractivity contribution in [1.29, 1.82) is 0 Å². The number of fused-ring (bicyclic) bond motifs is 3. The summed E-state index contributed by atoms with van der Waals surface area (Å²) in [5.41, 5.74) is 4.45. The summed E-state index contributed by atoms with van der Waals surface area (Å²) < 4.78 is 19.4. The van der Waals surface area contributed by atoms with Crippen LogP contribution in [-0.4, -0.2) is 35.3 Å². The van der Waals surface area contributed by atoms with E-state index in [-0.39, 0.29) is 43.1 Å². The first kappa shape index (κ1) is 20.5. The molecule has 1 saturated heterocycles. The van der Waals surface area contributed by atoms with Crippen LogP contribution in [0.15, 0.2) is 72.8 Å². The summed E-state index contributed by atoms with van der Waals surface area (Å²) in [6.45, 7) is 0.759. The average Bonchev–Trinajstić information content (AvgIpc) is 3.28. The van der Waals surface area contributed by atoms with Gasteiger partial charge >= 0.3 is 6.09 Å². The van der Waals surface area contributed by atoms with Gasteiger partial charge in [-0.05, 0) is 52.9 Å². The fraction of sp³-hybridized carbons (Fsp3) is 0.269. The first-order chi connectivity index (χ1) is 15.6. The third-order valence-electron chi connectivity index (χ3n) is 6.47. The molecule has 1 amide bonds. The van der Waals surface area contributed by atoms with Crippen LogP contribution in [0.5, 0.6) is 0 Å². The van der Waals surface area contributed by atoms with Gasteiger partial charge in [0, 0.05) is 18.2 Å². The highest BCUT2D eigenvalue weighted by Gasteiger charge is 2.46. The molecule has 32 heavy (non-hydrogen) atoms. The van der Waals surface area contributed by atoms with Crippen LogP contribution >= 0.6 is 0 Å². The third kappa shape index (κ3) is 3.82. The number of carbonyl (C=O) groups excluding carboxylic acids is 1. The van der Waals surface area contributed by atoms with Crippen LogP contribution in [0.2, 0.25) is 0 Å². The SMILES string of the molecule is O=C(OCc1ccccc1)N1CC[C@@H]2[C@H]1c1cc(-c3cccc(F)c3)ccc1N[C@@H]2CO. The lowest BCUT2D eigenvalue weighted by molar-refractivity contribution is 0.0845. The third-order valence-corrected chi connectivity index (χ3v) is 6.47. The molecule has 0 bridgehead atoms. The van der Waals surface area contributed by atoms with E-state index in [1.165, 1.54) is 12.1 Å². The maximum atomic E-state index is 13.8. The Morgan fingerprint density at radius 3 is 2.66 bits per heavy atom. The minimum absolute atomic E-state index is 0.0147. The summed E-state index contributed by atoms with van der Waals surface area (Å²) in [5, 5.41) is 13.4. The number of ether oxygens (including phenoxy) is 1. The molecule has 2 heterocycles. The van der Waals surface area contributed by atoms with E-state index in [1.54, 1.807) is 11.0 Å². The van der Waals surface area contributed by atoms with Crippen molar-refractivity contribution in [2.24, 2.45) is 5.92 Å². The number of aliphatic hydroxyl groups excluding tert-OH is 1. The second kappa shape index (κ2) is 8.63. The predicted molar refractivity (Wildman–Crippen MR) is 121 cm³/mol. The zero-order chi connectivity index (χ0) is 22.1. The summed E-state index contributed by atoms with van der Waals surface area (Å²) in [4.78, 5) is 14.8. The average molecular weight is 432 g/mol. The minimum atomic E-state index is -0.359. The van der Waals surface area contributed by atoms with Gasteiger partial charge in [0.2, 0.25) is 0 Å². The van der Waals surface area contributed by atoms with Gasteiger partial charge in [-0.25, -0.2) is 9.18 Å². The van der Waals surface area contributed by atoms with Crippen molar-refractivity contribution in [1.82, 2.24) is 4.90 Å². The van der Waals surface area contributed by atoms with Gasteiger partial charge in [-0.15, -0.1) is 0 Å². The molecule has 2 aliphatic heterocycles. The van der Waals surface area contributed by atoms with Crippen LogP contribution in [0.4, 0.5) is 14.9 Å². The van der Waals surface area contributed by atoms with Gasteiger partial charge < -0.3 is 20.1 Å². The zero-order valence-corrected chi connectivity index (χ0v) is 17.6. The highest BCUT2D eigenvalue weighted by molar-refractivity contribution is 5.74. The Hall–Kier alpha value is -3.38. The van der Waals surface area contributed by atoms with Crippen LogP contribution in [0.1, 0.15) is 23.6 Å². The van der Waals surface area contributed by atoms with Crippen LogP contribution < -0.4 is 5.32 Å². The van der Waals surface area contributed by atoms with Gasteiger partial charge in [-0.2, -0.15) is 0 Å². The van der Waals surface area contributed by atoms with E-state index in [0.717, 1.165) is 34.4 Å². The van der Waals surface area contributed by atoms with Gasteiger partial charge in [0.05, 0.1) is 18.7 Å². The fourth-order valence-corrected chi connectivity index (χ4v) is 4.92. The maximum absolute atomic E-state index is 13.8. The fourth-order valence-electron chi connectivity index (χ4n) is 4.92. The van der Waals surface area contributed by atoms with E-state index in [4.69, 9.17) is 4.74 Å². The van der Waals surface area contributed by atoms with Crippen molar-refractivity contribution in [3.05, 3.63) is 89.7 Å². The van der Waals surface area contributed by atoms with Crippen molar-refractivity contribution < 1.29 is 19.0 Å². The van der Waals surface area contributed by atoms with Gasteiger partial charge in [0.15, 0.2) is 0 Å². The van der Waals surface area contributed by atoms with E-state index in [9.17, 15) is 14.3 Å². The predicted octanol–water partition coefficient (Wildman–Crippen LogP) is 4.98. The van der Waals surface area contributed by atoms with Crippen molar-refractivity contribution >= 4 is 11.8 Å². The molecule has 0 unspecified atom stereocenters. The standard InChI is InChI=1S/C26H25FN2O3/c27-20-8-4-7-18(13-20)19-9-10-23-22(14-19)25-21(24(15-30)28-23)11-12-29(25)26(31)32-16-17-5-2-1-3-6-17/h1-10,13-14,21,24-25,28,30H,11-12,15-16H2/t21-,24+,25-/m0/s1. The largest absolute Gasteiger partial charge is 0.445 e. The van der Waals surface area contributed by atoms with Gasteiger partial charge in [0.25, 0.3) is 0 Å². The number of anilines is 1. The Morgan fingerprint density at radius 1 is 1.06 bits per heavy atom. The molecule has 0 radical (unpaired) electrons. The van der Waals surface area contributed by atoms with Crippen molar-refractivity contribution in [3.8, 4) is 11.1 Å². The lowest BCUT2D eigenvalue weighted by Gasteiger charge is -2.39. The molecule has 3 aromatic carbocycles. The van der Waals surface area contributed by atoms with Crippen molar-refractivity contribution in [3.63, 3.8) is 0 Å². The summed E-state index contributed by atoms with van der Waals surface area (Å²) in [5.74, 6) is -0.219. The normalized spacial score (nSPS) is 21.4. The number of nitrogens with one attached hydrogen (secondary N) is 1. The van der Waals surface area contributed by atoms with E-state index in [1.807, 2.05) is 54.6 Å². The molecular weight excluding hydrogens is 407 g/mol. The Bertz CT molecular complexity index is 1120. The molecule has 2 N–H and O–H groups in total. The smallest absolute Gasteiger partial charge is 0.410 e. The number of likely N-dealkylation sites (tertiary alicyclic amines) is 1. The quantitative estimate of drug-likeness (QED) is 0.611. The number of hydrogen-bond donors (Lipinski definition) is 2. The molecule has 3 aromatic rings. The van der Waals surface area contributed by atoms with Crippen molar-refractivity contribution in [2.75, 3.05) is 18.5 Å². The summed E-state index contributed by atoms with van der Waals surface area (Å²) >= 11 is 0. The molecule has 3 atom stereocenters. The molecule has 6 heteroatoms. The summed E-state index contributed by atoms with van der Waals surface area (Å²) in [7, 11) is 0. The molecular formula is C26H25FN2O3. The Labute approximate surface area is 186 Å². The molecule has 0 saturated carbocycles. The molecule has 2 aliphatic rings. The van der Waals surface area contributed by atoms with Crippen LogP contribution in [-0.2, 0) is 11.3 Å². The van der Waals surface area contributed by atoms with E-state index in [2.05, 4.69) is 5.32 Å². The number of nitrogens with zero attached hydrogens (tertiary/aromatic N) is 1. The number of carbonyl (C=O) groups is 1. The van der Waals surface area contributed by atoms with E-state index >= 15 is 0 Å². The van der Waals surface area contributed by atoms with Gasteiger partial charge in [0.1, 0.15) is 12.4 Å². The second-order valence-corrected chi connectivity index (χ2v) is 8.38. The maximum Gasteiger partial charge on any atom is 0.410 e. The topological polar surface area (TPSA) is 61.8 Å². The monoisotopic (exact) mass is 432 g/mol. The van der Waals surface area contributed by atoms with Crippen molar-refractivity contribution in [2.45, 2.75) is 25.1 Å². The molecule has 0 spiro atoms. The Balaban J connectivity index is 1.45. The van der Waals surface area contributed by atoms with Gasteiger partial charge in [-0.1, -0.05) is 48.5 Å². The number of aliphatic hydroxyl groups is 1. The zero-order valence-electron chi connectivity index (χ0n) is 17.6. The van der Waals surface area contributed by atoms with E-state index in [0.29, 0.717) is 6.54 Å². The van der Waals surface area contributed by atoms with E-state index < -0.39 is 0 Å². The van der Waals surface area contributed by atoms with Crippen LogP contribution in [0, 0.1) is 11.7 Å². The van der Waals surface area contributed by atoms with Crippen LogP contribution in [0.25, 0.3) is 11.1 Å². The Kier molecular flexibility index (Phi) is 5.53. The summed E-state index contributed by atoms with van der Waals surface area (Å²) in [6, 6.07) is 21.6. The highest BCUT2D eigenvalue weighted by atomic mass is 19.1. The lowest BCUT2D eigenvalue weighted by Crippen LogP contribution is -2.43. The Morgan fingerprint density at radius 2 is 1.88 bits per heavy atom. The first-order valence-electron chi connectivity index (χ1n) is 10.9. The first-order valence-corrected chi connectivity index (χ1v) is 10.9. The molecule has 5 rings (SSSR count). The minimum Gasteiger partial charge on any atom is -0.445 e. The number of amides is 1. The second-order valence-electron chi connectivity index (χ2n) is 8.38. The number of halogens is 1. The lowest BCUT2D eigenvalue weighted by atomic mass is 9.82. The molecule has 0 aromatic heterocycles. The summed E-state index contributed by atoms with van der Waals surface area (Å²) in [6.07, 6.45) is 0.412. The van der Waals surface area contributed by atoms with Gasteiger partial charge in [-0.3, -0.25) is 0 Å². The number of rotatable bonds is 4. The molecule has 1 fully saturated rings. The van der Waals surface area contributed by atoms with Crippen LogP contribution in [0.3, 0.4) is 0 Å². The molecule has 164 valence electrons.